The number of amides is 2. The normalized spacial score (nSPS) is 11.8. The summed E-state index contributed by atoms with van der Waals surface area (Å²) in [6, 6.07) is 25.5. The van der Waals surface area contributed by atoms with Gasteiger partial charge in [0, 0.05) is 29.6 Å². The highest BCUT2D eigenvalue weighted by atomic mass is 35.5. The van der Waals surface area contributed by atoms with Crippen molar-refractivity contribution >= 4 is 50.7 Å². The fourth-order valence-electron chi connectivity index (χ4n) is 4.90. The summed E-state index contributed by atoms with van der Waals surface area (Å²) in [4.78, 5) is 29.5. The summed E-state index contributed by atoms with van der Waals surface area (Å²) in [7, 11) is -1.44. The summed E-state index contributed by atoms with van der Waals surface area (Å²) in [6.07, 6.45) is 0.170. The van der Waals surface area contributed by atoms with Gasteiger partial charge in [-0.3, -0.25) is 13.9 Å². The molecule has 46 heavy (non-hydrogen) atoms. The summed E-state index contributed by atoms with van der Waals surface area (Å²) in [5, 5.41) is 3.54. The summed E-state index contributed by atoms with van der Waals surface area (Å²) in [5.41, 5.74) is 1.49. The molecule has 0 aliphatic heterocycles. The summed E-state index contributed by atoms with van der Waals surface area (Å²) in [6.45, 7) is 1.37. The Kier molecular flexibility index (Phi) is 11.9. The molecule has 0 aliphatic rings. The zero-order valence-corrected chi connectivity index (χ0v) is 28.0. The van der Waals surface area contributed by atoms with Crippen LogP contribution in [0.3, 0.4) is 0 Å². The molecule has 4 rings (SSSR count). The van der Waals surface area contributed by atoms with Gasteiger partial charge in [0.1, 0.15) is 24.1 Å². The Labute approximate surface area is 279 Å². The molecule has 0 fully saturated rings. The Morgan fingerprint density at radius 1 is 0.870 bits per heavy atom. The molecule has 4 aromatic rings. The van der Waals surface area contributed by atoms with E-state index < -0.39 is 34.4 Å². The first-order valence-corrected chi connectivity index (χ1v) is 16.6. The zero-order chi connectivity index (χ0) is 33.3. The van der Waals surface area contributed by atoms with Gasteiger partial charge < -0.3 is 19.7 Å². The number of rotatable bonds is 14. The third kappa shape index (κ3) is 8.31. The number of halogens is 2. The summed E-state index contributed by atoms with van der Waals surface area (Å²) in [5.74, 6) is -0.326. The highest BCUT2D eigenvalue weighted by Crippen LogP contribution is 2.33. The number of hydrogen-bond acceptors (Lipinski definition) is 6. The van der Waals surface area contributed by atoms with Crippen molar-refractivity contribution in [1.29, 1.82) is 0 Å². The first kappa shape index (κ1) is 34.6. The van der Waals surface area contributed by atoms with E-state index in [9.17, 15) is 18.0 Å². The largest absolute Gasteiger partial charge is 0.497 e. The number of nitrogens with zero attached hydrogens (tertiary/aromatic N) is 2. The van der Waals surface area contributed by atoms with Crippen molar-refractivity contribution in [3.63, 3.8) is 0 Å². The number of benzene rings is 4. The number of sulfonamides is 1. The molecule has 0 saturated heterocycles. The molecule has 0 unspecified atom stereocenters. The lowest BCUT2D eigenvalue weighted by Gasteiger charge is -2.34. The minimum absolute atomic E-state index is 0.0659. The van der Waals surface area contributed by atoms with E-state index in [0.717, 1.165) is 9.87 Å². The molecule has 0 radical (unpaired) electrons. The SMILES string of the molecule is CCNC(=O)[C@@H](Cc1ccccc1)N(Cc1ccc(Cl)cc1Cl)C(=O)CN(c1ccccc1OC)S(=O)(=O)c1ccc(OC)cc1. The van der Waals surface area contributed by atoms with Gasteiger partial charge in [0.25, 0.3) is 10.0 Å². The molecular weight excluding hydrogens is 649 g/mol. The molecule has 0 aromatic heterocycles. The number of anilines is 1. The van der Waals surface area contributed by atoms with Gasteiger partial charge in [0.15, 0.2) is 0 Å². The molecule has 1 atom stereocenters. The highest BCUT2D eigenvalue weighted by Gasteiger charge is 2.35. The predicted molar refractivity (Wildman–Crippen MR) is 180 cm³/mol. The van der Waals surface area contributed by atoms with Crippen molar-refractivity contribution in [2.75, 3.05) is 31.6 Å². The molecule has 0 saturated carbocycles. The van der Waals surface area contributed by atoms with Crippen LogP contribution in [-0.4, -0.2) is 58.5 Å². The van der Waals surface area contributed by atoms with Crippen LogP contribution in [0.2, 0.25) is 10.0 Å². The van der Waals surface area contributed by atoms with Gasteiger partial charge in [-0.25, -0.2) is 8.42 Å². The Balaban J connectivity index is 1.84. The lowest BCUT2D eigenvalue weighted by molar-refractivity contribution is -0.140. The highest BCUT2D eigenvalue weighted by molar-refractivity contribution is 7.92. The summed E-state index contributed by atoms with van der Waals surface area (Å²) >= 11 is 12.7. The number of methoxy groups -OCH3 is 2. The Bertz CT molecular complexity index is 1750. The number of nitrogens with one attached hydrogen (secondary N) is 1. The molecule has 12 heteroatoms. The Morgan fingerprint density at radius 2 is 1.54 bits per heavy atom. The number of para-hydroxylation sites is 2. The van der Waals surface area contributed by atoms with Crippen LogP contribution in [0.1, 0.15) is 18.1 Å². The molecule has 0 spiro atoms. The van der Waals surface area contributed by atoms with Gasteiger partial charge in [-0.05, 0) is 66.6 Å². The minimum Gasteiger partial charge on any atom is -0.497 e. The molecular formula is C34H35Cl2N3O6S. The number of hydrogen-bond donors (Lipinski definition) is 1. The van der Waals surface area contributed by atoms with Crippen molar-refractivity contribution < 1.29 is 27.5 Å². The third-order valence-electron chi connectivity index (χ3n) is 7.26. The van der Waals surface area contributed by atoms with E-state index in [1.165, 1.54) is 43.4 Å². The number of likely N-dealkylation sites (N-methyl/N-ethyl adjacent to an activating group) is 1. The van der Waals surface area contributed by atoms with Crippen LogP contribution in [0.15, 0.2) is 102 Å². The minimum atomic E-state index is -4.34. The lowest BCUT2D eigenvalue weighted by Crippen LogP contribution is -2.53. The average Bonchev–Trinajstić information content (AvgIpc) is 3.06. The van der Waals surface area contributed by atoms with Crippen molar-refractivity contribution in [2.24, 2.45) is 0 Å². The molecule has 0 bridgehead atoms. The molecule has 2 amide bonds. The van der Waals surface area contributed by atoms with Gasteiger partial charge in [0.2, 0.25) is 11.8 Å². The second-order valence-electron chi connectivity index (χ2n) is 10.2. The summed E-state index contributed by atoms with van der Waals surface area (Å²) < 4.78 is 40.2. The van der Waals surface area contributed by atoms with Crippen molar-refractivity contribution in [1.82, 2.24) is 10.2 Å². The smallest absolute Gasteiger partial charge is 0.264 e. The number of carbonyl (C=O) groups excluding carboxylic acids is 2. The quantitative estimate of drug-likeness (QED) is 0.175. The van der Waals surface area contributed by atoms with Crippen LogP contribution in [0, 0.1) is 0 Å². The first-order chi connectivity index (χ1) is 22.1. The predicted octanol–water partition coefficient (Wildman–Crippen LogP) is 5.98. The van der Waals surface area contributed by atoms with Gasteiger partial charge in [-0.2, -0.15) is 0 Å². The fourth-order valence-corrected chi connectivity index (χ4v) is 6.80. The molecule has 4 aromatic carbocycles. The average molecular weight is 685 g/mol. The maximum atomic E-state index is 14.5. The van der Waals surface area contributed by atoms with Crippen LogP contribution >= 0.6 is 23.2 Å². The van der Waals surface area contributed by atoms with Crippen LogP contribution in [0.25, 0.3) is 0 Å². The maximum Gasteiger partial charge on any atom is 0.264 e. The zero-order valence-electron chi connectivity index (χ0n) is 25.7. The second kappa shape index (κ2) is 15.8. The molecule has 0 heterocycles. The van der Waals surface area contributed by atoms with E-state index in [4.69, 9.17) is 32.7 Å². The van der Waals surface area contributed by atoms with E-state index in [1.807, 2.05) is 30.3 Å². The van der Waals surface area contributed by atoms with Gasteiger partial charge in [-0.1, -0.05) is 71.7 Å². The van der Waals surface area contributed by atoms with Crippen LogP contribution < -0.4 is 19.1 Å². The Morgan fingerprint density at radius 3 is 2.17 bits per heavy atom. The molecule has 1 N–H and O–H groups in total. The van der Waals surface area contributed by atoms with E-state index >= 15 is 0 Å². The van der Waals surface area contributed by atoms with Crippen molar-refractivity contribution in [3.05, 3.63) is 118 Å². The van der Waals surface area contributed by atoms with Gasteiger partial charge >= 0.3 is 0 Å². The Hall–Kier alpha value is -4.25. The molecule has 9 nitrogen and oxygen atoms in total. The van der Waals surface area contributed by atoms with Crippen LogP contribution in [0.4, 0.5) is 5.69 Å². The van der Waals surface area contributed by atoms with Crippen molar-refractivity contribution in [3.8, 4) is 11.5 Å². The van der Waals surface area contributed by atoms with Crippen molar-refractivity contribution in [2.45, 2.75) is 30.8 Å². The standard InChI is InChI=1S/C34H35Cl2N3O6S/c1-4-37-34(41)31(20-24-10-6-5-7-11-24)38(22-25-14-15-26(35)21-29(25)36)33(40)23-39(30-12-8-9-13-32(30)45-3)46(42,43)28-18-16-27(44-2)17-19-28/h5-19,21,31H,4,20,22-23H2,1-3H3,(H,37,41)/t31-/m1/s1. The molecule has 242 valence electrons. The maximum absolute atomic E-state index is 14.5. The lowest BCUT2D eigenvalue weighted by atomic mass is 10.0. The third-order valence-corrected chi connectivity index (χ3v) is 9.62. The van der Waals surface area contributed by atoms with Crippen LogP contribution in [-0.2, 0) is 32.6 Å². The number of carbonyl (C=O) groups is 2. The second-order valence-corrected chi connectivity index (χ2v) is 12.9. The van der Waals surface area contributed by atoms with E-state index in [-0.39, 0.29) is 29.3 Å². The fraction of sp³-hybridized carbons (Fsp3) is 0.235. The van der Waals surface area contributed by atoms with Gasteiger partial charge in [0.05, 0.1) is 24.8 Å². The molecule has 0 aliphatic carbocycles. The first-order valence-electron chi connectivity index (χ1n) is 14.4. The topological polar surface area (TPSA) is 105 Å². The van der Waals surface area contributed by atoms with E-state index in [1.54, 1.807) is 49.4 Å². The monoisotopic (exact) mass is 683 g/mol. The van der Waals surface area contributed by atoms with Crippen LogP contribution in [0.5, 0.6) is 11.5 Å². The van der Waals surface area contributed by atoms with E-state index in [0.29, 0.717) is 27.9 Å². The van der Waals surface area contributed by atoms with E-state index in [2.05, 4.69) is 5.32 Å². The van der Waals surface area contributed by atoms with Gasteiger partial charge in [-0.15, -0.1) is 0 Å². The number of ether oxygens (including phenoxy) is 2.